The fraction of sp³-hybridized carbons (Fsp3) is 0. The smallest absolute Gasteiger partial charge is 0.211 e. The number of fused-ring (bicyclic) bond motifs is 1. The van der Waals surface area contributed by atoms with Gasteiger partial charge in [0.15, 0.2) is 0 Å². The van der Waals surface area contributed by atoms with Crippen molar-refractivity contribution < 1.29 is 9.90 Å². The van der Waals surface area contributed by atoms with E-state index in [2.05, 4.69) is 10.3 Å². The second-order valence-corrected chi connectivity index (χ2v) is 3.19. The van der Waals surface area contributed by atoms with E-state index in [4.69, 9.17) is 0 Å². The topological polar surface area (TPSA) is 62.2 Å². The van der Waals surface area contributed by atoms with Gasteiger partial charge in [-0.25, -0.2) is 0 Å². The van der Waals surface area contributed by atoms with Crippen LogP contribution in [0.5, 0.6) is 5.75 Å². The van der Waals surface area contributed by atoms with Gasteiger partial charge in [0.1, 0.15) is 5.75 Å². The maximum Gasteiger partial charge on any atom is 0.211 e. The van der Waals surface area contributed by atoms with E-state index in [0.717, 1.165) is 10.9 Å². The largest absolute Gasteiger partial charge is 0.506 e. The highest BCUT2D eigenvalue weighted by molar-refractivity contribution is 5.90. The van der Waals surface area contributed by atoms with Crippen LogP contribution in [-0.4, -0.2) is 16.5 Å². The summed E-state index contributed by atoms with van der Waals surface area (Å²) in [6.07, 6.45) is 5.06. The molecule has 1 aromatic carbocycles. The first kappa shape index (κ1) is 10.2. The van der Waals surface area contributed by atoms with Crippen LogP contribution in [0.3, 0.4) is 0 Å². The van der Waals surface area contributed by atoms with Gasteiger partial charge in [-0.05, 0) is 12.1 Å². The monoisotopic (exact) mass is 214 g/mol. The van der Waals surface area contributed by atoms with Gasteiger partial charge >= 0.3 is 0 Å². The highest BCUT2D eigenvalue weighted by Gasteiger charge is 2.03. The molecular formula is C12H10N2O2. The zero-order valence-corrected chi connectivity index (χ0v) is 8.42. The van der Waals surface area contributed by atoms with E-state index in [1.54, 1.807) is 6.08 Å². The molecule has 1 aromatic heterocycles. The number of carbonyl (C=O) groups is 1. The van der Waals surface area contributed by atoms with Crippen LogP contribution in [0, 0.1) is 0 Å². The van der Waals surface area contributed by atoms with Crippen molar-refractivity contribution in [2.45, 2.75) is 0 Å². The number of hydrogen-bond acceptors (Lipinski definition) is 3. The fourth-order valence-corrected chi connectivity index (χ4v) is 1.50. The summed E-state index contributed by atoms with van der Waals surface area (Å²) in [5.41, 5.74) is 1.44. The summed E-state index contributed by atoms with van der Waals surface area (Å²) in [6, 6.07) is 7.47. The van der Waals surface area contributed by atoms with Crippen LogP contribution < -0.4 is 5.32 Å². The van der Waals surface area contributed by atoms with Crippen LogP contribution in [0.25, 0.3) is 17.0 Å². The normalized spacial score (nSPS) is 10.8. The van der Waals surface area contributed by atoms with E-state index >= 15 is 0 Å². The van der Waals surface area contributed by atoms with Crippen molar-refractivity contribution >= 4 is 23.4 Å². The minimum atomic E-state index is 0.0858. The summed E-state index contributed by atoms with van der Waals surface area (Å²) in [4.78, 5) is 14.2. The molecule has 80 valence electrons. The van der Waals surface area contributed by atoms with Gasteiger partial charge < -0.3 is 10.4 Å². The van der Waals surface area contributed by atoms with Crippen molar-refractivity contribution in [2.75, 3.05) is 0 Å². The predicted octanol–water partition coefficient (Wildman–Crippen LogP) is 1.66. The Bertz CT molecular complexity index is 550. The molecule has 0 saturated heterocycles. The molecule has 2 rings (SSSR count). The molecule has 0 saturated carbocycles. The van der Waals surface area contributed by atoms with Gasteiger partial charge in [-0.2, -0.15) is 0 Å². The average Bonchev–Trinajstić information content (AvgIpc) is 2.32. The molecule has 4 heteroatoms. The van der Waals surface area contributed by atoms with Gasteiger partial charge in [0.2, 0.25) is 6.41 Å². The SMILES string of the molecule is O=CNC=Cc1c(O)cnc2ccccc12. The van der Waals surface area contributed by atoms with Gasteiger partial charge in [0, 0.05) is 17.1 Å². The maximum absolute atomic E-state index is 10.1. The van der Waals surface area contributed by atoms with Crippen LogP contribution in [-0.2, 0) is 4.79 Å². The summed E-state index contributed by atoms with van der Waals surface area (Å²) in [5, 5.41) is 12.9. The number of aromatic nitrogens is 1. The van der Waals surface area contributed by atoms with Gasteiger partial charge in [-0.3, -0.25) is 9.78 Å². The Morgan fingerprint density at radius 1 is 1.31 bits per heavy atom. The number of hydrogen-bond donors (Lipinski definition) is 2. The molecule has 0 unspecified atom stereocenters. The predicted molar refractivity (Wildman–Crippen MR) is 61.6 cm³/mol. The fourth-order valence-electron chi connectivity index (χ4n) is 1.50. The minimum Gasteiger partial charge on any atom is -0.506 e. The second kappa shape index (κ2) is 4.44. The zero-order valence-electron chi connectivity index (χ0n) is 8.42. The first-order valence-corrected chi connectivity index (χ1v) is 4.76. The standard InChI is InChI=1S/C12H10N2O2/c15-8-13-6-5-10-9-3-1-2-4-11(9)14-7-12(10)16/h1-8,16H,(H,13,15). The Morgan fingerprint density at radius 2 is 2.12 bits per heavy atom. The Hall–Kier alpha value is -2.36. The first-order valence-electron chi connectivity index (χ1n) is 4.76. The van der Waals surface area contributed by atoms with E-state index in [-0.39, 0.29) is 5.75 Å². The van der Waals surface area contributed by atoms with Gasteiger partial charge in [-0.1, -0.05) is 18.2 Å². The molecule has 0 aliphatic heterocycles. The molecule has 16 heavy (non-hydrogen) atoms. The molecule has 1 amide bonds. The number of carbonyl (C=O) groups excluding carboxylic acids is 1. The Balaban J connectivity index is 2.56. The van der Waals surface area contributed by atoms with E-state index < -0.39 is 0 Å². The summed E-state index contributed by atoms with van der Waals surface area (Å²) in [6.45, 7) is 0. The quantitative estimate of drug-likeness (QED) is 0.764. The minimum absolute atomic E-state index is 0.0858. The summed E-state index contributed by atoms with van der Waals surface area (Å²) in [5.74, 6) is 0.0858. The number of amides is 1. The van der Waals surface area contributed by atoms with Crippen molar-refractivity contribution in [2.24, 2.45) is 0 Å². The van der Waals surface area contributed by atoms with Gasteiger partial charge in [0.25, 0.3) is 0 Å². The van der Waals surface area contributed by atoms with Crippen molar-refractivity contribution in [3.8, 4) is 5.75 Å². The summed E-state index contributed by atoms with van der Waals surface area (Å²) >= 11 is 0. The summed E-state index contributed by atoms with van der Waals surface area (Å²) in [7, 11) is 0. The first-order chi connectivity index (χ1) is 7.83. The highest BCUT2D eigenvalue weighted by Crippen LogP contribution is 2.25. The molecule has 0 aliphatic carbocycles. The third-order valence-electron chi connectivity index (χ3n) is 2.21. The number of nitrogens with zero attached hydrogens (tertiary/aromatic N) is 1. The van der Waals surface area contributed by atoms with Crippen LogP contribution in [0.4, 0.5) is 0 Å². The van der Waals surface area contributed by atoms with E-state index in [1.165, 1.54) is 12.4 Å². The molecule has 0 bridgehead atoms. The van der Waals surface area contributed by atoms with Crippen molar-refractivity contribution in [1.82, 2.24) is 10.3 Å². The molecule has 2 aromatic rings. The molecule has 0 aliphatic rings. The number of aromatic hydroxyl groups is 1. The molecule has 0 fully saturated rings. The molecule has 1 heterocycles. The molecule has 0 atom stereocenters. The van der Waals surface area contributed by atoms with Gasteiger partial charge in [-0.15, -0.1) is 0 Å². The van der Waals surface area contributed by atoms with E-state index in [0.29, 0.717) is 12.0 Å². The van der Waals surface area contributed by atoms with E-state index in [1.807, 2.05) is 24.3 Å². The lowest BCUT2D eigenvalue weighted by Crippen LogP contribution is -1.98. The Kier molecular flexibility index (Phi) is 2.82. The molecular weight excluding hydrogens is 204 g/mol. The Morgan fingerprint density at radius 3 is 2.94 bits per heavy atom. The zero-order chi connectivity index (χ0) is 11.4. The number of nitrogens with one attached hydrogen (secondary N) is 1. The van der Waals surface area contributed by atoms with Crippen molar-refractivity contribution in [3.63, 3.8) is 0 Å². The molecule has 2 N–H and O–H groups in total. The van der Waals surface area contributed by atoms with Crippen molar-refractivity contribution in [1.29, 1.82) is 0 Å². The Labute approximate surface area is 92.2 Å². The van der Waals surface area contributed by atoms with Gasteiger partial charge in [0.05, 0.1) is 11.7 Å². The van der Waals surface area contributed by atoms with E-state index in [9.17, 15) is 9.90 Å². The lowest BCUT2D eigenvalue weighted by atomic mass is 10.1. The lowest BCUT2D eigenvalue weighted by Gasteiger charge is -2.03. The maximum atomic E-state index is 10.1. The number of rotatable bonds is 3. The number of pyridine rings is 1. The molecule has 0 radical (unpaired) electrons. The van der Waals surface area contributed by atoms with Crippen LogP contribution in [0.1, 0.15) is 5.56 Å². The molecule has 0 spiro atoms. The third-order valence-corrected chi connectivity index (χ3v) is 2.21. The number of para-hydroxylation sites is 1. The lowest BCUT2D eigenvalue weighted by molar-refractivity contribution is -0.108. The number of benzene rings is 1. The average molecular weight is 214 g/mol. The summed E-state index contributed by atoms with van der Waals surface area (Å²) < 4.78 is 0. The van der Waals surface area contributed by atoms with Crippen molar-refractivity contribution in [3.05, 3.63) is 42.2 Å². The third kappa shape index (κ3) is 1.86. The van der Waals surface area contributed by atoms with Crippen LogP contribution >= 0.6 is 0 Å². The highest BCUT2D eigenvalue weighted by atomic mass is 16.3. The van der Waals surface area contributed by atoms with Crippen LogP contribution in [0.2, 0.25) is 0 Å². The second-order valence-electron chi connectivity index (χ2n) is 3.19. The molecule has 4 nitrogen and oxygen atoms in total. The van der Waals surface area contributed by atoms with Crippen LogP contribution in [0.15, 0.2) is 36.7 Å².